The van der Waals surface area contributed by atoms with Crippen molar-refractivity contribution in [2.24, 2.45) is 0 Å². The molecule has 1 atom stereocenters. The van der Waals surface area contributed by atoms with Gasteiger partial charge in [0.15, 0.2) is 0 Å². The summed E-state index contributed by atoms with van der Waals surface area (Å²) in [7, 11) is 2.07. The van der Waals surface area contributed by atoms with E-state index in [0.29, 0.717) is 6.04 Å². The number of aryl methyl sites for hydroxylation is 1. The van der Waals surface area contributed by atoms with Gasteiger partial charge in [0.2, 0.25) is 0 Å². The molecule has 1 unspecified atom stereocenters. The summed E-state index contributed by atoms with van der Waals surface area (Å²) in [6.07, 6.45) is 4.18. The second-order valence-corrected chi connectivity index (χ2v) is 5.28. The van der Waals surface area contributed by atoms with Crippen LogP contribution in [0.1, 0.15) is 59.2 Å². The monoisotopic (exact) mass is 280 g/mol. The van der Waals surface area contributed by atoms with Crippen molar-refractivity contribution in [3.05, 3.63) is 18.0 Å². The lowest BCUT2D eigenvalue weighted by Gasteiger charge is -2.48. The summed E-state index contributed by atoms with van der Waals surface area (Å²) in [5, 5.41) is 8.02. The predicted octanol–water partition coefficient (Wildman–Crippen LogP) is 3.06. The lowest BCUT2D eigenvalue weighted by atomic mass is 9.80. The van der Waals surface area contributed by atoms with E-state index in [1.54, 1.807) is 0 Å². The van der Waals surface area contributed by atoms with Gasteiger partial charge in [0.1, 0.15) is 0 Å². The van der Waals surface area contributed by atoms with Crippen molar-refractivity contribution in [3.63, 3.8) is 0 Å². The predicted molar refractivity (Wildman–Crippen MR) is 85.9 cm³/mol. The molecule has 0 radical (unpaired) electrons. The Morgan fingerprint density at radius 2 is 1.80 bits per heavy atom. The average Bonchev–Trinajstić information content (AvgIpc) is 2.95. The Morgan fingerprint density at radius 3 is 2.20 bits per heavy atom. The third-order valence-corrected chi connectivity index (χ3v) is 4.79. The Balaban J connectivity index is 3.28. The van der Waals surface area contributed by atoms with E-state index in [9.17, 15) is 0 Å². The van der Waals surface area contributed by atoms with Gasteiger partial charge in [-0.15, -0.1) is 0 Å². The van der Waals surface area contributed by atoms with Crippen molar-refractivity contribution in [2.75, 3.05) is 20.1 Å². The lowest BCUT2D eigenvalue weighted by molar-refractivity contribution is 0.0484. The molecule has 1 aromatic rings. The van der Waals surface area contributed by atoms with Crippen LogP contribution in [0.5, 0.6) is 0 Å². The lowest BCUT2D eigenvalue weighted by Crippen LogP contribution is -2.56. The van der Waals surface area contributed by atoms with Crippen LogP contribution in [-0.2, 0) is 6.54 Å². The van der Waals surface area contributed by atoms with Gasteiger partial charge in [0.25, 0.3) is 0 Å². The molecule has 1 aromatic heterocycles. The van der Waals surface area contributed by atoms with Crippen LogP contribution in [0.3, 0.4) is 0 Å². The Morgan fingerprint density at radius 1 is 1.20 bits per heavy atom. The fraction of sp³-hybridized carbons (Fsp3) is 0.812. The standard InChI is InChI=1S/C16H32N4/c1-7-16(8-2,19(9-3)10-4)15(17-6)14-12-13-18-20(14)11-5/h12-13,15,17H,7-11H2,1-6H3. The molecule has 4 nitrogen and oxygen atoms in total. The van der Waals surface area contributed by atoms with E-state index >= 15 is 0 Å². The zero-order valence-corrected chi connectivity index (χ0v) is 14.1. The van der Waals surface area contributed by atoms with Gasteiger partial charge in [0.05, 0.1) is 11.7 Å². The number of hydrogen-bond donors (Lipinski definition) is 1. The highest BCUT2D eigenvalue weighted by atomic mass is 15.3. The summed E-state index contributed by atoms with van der Waals surface area (Å²) in [4.78, 5) is 2.60. The fourth-order valence-corrected chi connectivity index (χ4v) is 3.69. The van der Waals surface area contributed by atoms with E-state index in [2.05, 4.69) is 67.7 Å². The minimum atomic E-state index is 0.144. The molecule has 0 amide bonds. The molecule has 1 rings (SSSR count). The second kappa shape index (κ2) is 7.79. The van der Waals surface area contributed by atoms with Gasteiger partial charge in [0, 0.05) is 18.3 Å². The number of nitrogens with one attached hydrogen (secondary N) is 1. The minimum absolute atomic E-state index is 0.144. The first-order valence-electron chi connectivity index (χ1n) is 8.08. The fourth-order valence-electron chi connectivity index (χ4n) is 3.69. The van der Waals surface area contributed by atoms with Gasteiger partial charge in [-0.3, -0.25) is 9.58 Å². The van der Waals surface area contributed by atoms with Crippen LogP contribution in [0, 0.1) is 0 Å². The van der Waals surface area contributed by atoms with Crippen LogP contribution in [0.2, 0.25) is 0 Å². The highest BCUT2D eigenvalue weighted by Gasteiger charge is 2.41. The first-order valence-corrected chi connectivity index (χ1v) is 8.08. The molecule has 1 heterocycles. The molecule has 1 N–H and O–H groups in total. The van der Waals surface area contributed by atoms with Crippen molar-refractivity contribution in [1.82, 2.24) is 20.0 Å². The first-order chi connectivity index (χ1) is 9.64. The molecule has 0 aliphatic carbocycles. The van der Waals surface area contributed by atoms with Crippen LogP contribution >= 0.6 is 0 Å². The summed E-state index contributed by atoms with van der Waals surface area (Å²) in [6.45, 7) is 14.4. The van der Waals surface area contributed by atoms with Gasteiger partial charge in [-0.1, -0.05) is 27.7 Å². The summed E-state index contributed by atoms with van der Waals surface area (Å²) >= 11 is 0. The van der Waals surface area contributed by atoms with Crippen LogP contribution in [0.4, 0.5) is 0 Å². The number of nitrogens with zero attached hydrogens (tertiary/aromatic N) is 3. The summed E-state index contributed by atoms with van der Waals surface area (Å²) in [5.74, 6) is 0. The molecular weight excluding hydrogens is 248 g/mol. The number of rotatable bonds is 9. The maximum Gasteiger partial charge on any atom is 0.0676 e. The molecule has 0 aromatic carbocycles. The highest BCUT2D eigenvalue weighted by molar-refractivity contribution is 5.15. The SMILES string of the molecule is CCN(CC)C(CC)(CC)C(NC)c1ccnn1CC. The van der Waals surface area contributed by atoms with Gasteiger partial charge >= 0.3 is 0 Å². The van der Waals surface area contributed by atoms with Crippen molar-refractivity contribution in [1.29, 1.82) is 0 Å². The van der Waals surface area contributed by atoms with E-state index < -0.39 is 0 Å². The van der Waals surface area contributed by atoms with E-state index in [1.807, 2.05) is 6.20 Å². The quantitative estimate of drug-likeness (QED) is 0.754. The van der Waals surface area contributed by atoms with E-state index in [4.69, 9.17) is 0 Å². The zero-order valence-electron chi connectivity index (χ0n) is 14.1. The topological polar surface area (TPSA) is 33.1 Å². The molecule has 116 valence electrons. The van der Waals surface area contributed by atoms with Crippen molar-refractivity contribution >= 4 is 0 Å². The Hall–Kier alpha value is -0.870. The van der Waals surface area contributed by atoms with Gasteiger partial charge in [-0.2, -0.15) is 5.10 Å². The van der Waals surface area contributed by atoms with E-state index in [1.165, 1.54) is 5.69 Å². The van der Waals surface area contributed by atoms with Crippen LogP contribution < -0.4 is 5.32 Å². The van der Waals surface area contributed by atoms with Gasteiger partial charge < -0.3 is 5.32 Å². The maximum absolute atomic E-state index is 4.45. The molecule has 0 aliphatic rings. The van der Waals surface area contributed by atoms with E-state index in [-0.39, 0.29) is 5.54 Å². The molecule has 0 bridgehead atoms. The summed E-state index contributed by atoms with van der Waals surface area (Å²) in [6, 6.07) is 2.47. The molecule has 0 saturated heterocycles. The normalized spacial score (nSPS) is 13.9. The smallest absolute Gasteiger partial charge is 0.0676 e. The molecular formula is C16H32N4. The van der Waals surface area contributed by atoms with E-state index in [0.717, 1.165) is 32.5 Å². The molecule has 4 heteroatoms. The maximum atomic E-state index is 4.45. The molecule has 20 heavy (non-hydrogen) atoms. The van der Waals surface area contributed by atoms with Crippen LogP contribution in [0.15, 0.2) is 12.3 Å². The summed E-state index contributed by atoms with van der Waals surface area (Å²) < 4.78 is 2.12. The number of hydrogen-bond acceptors (Lipinski definition) is 3. The Labute approximate surface area is 124 Å². The van der Waals surface area contributed by atoms with Gasteiger partial charge in [-0.05, 0) is 46.0 Å². The molecule has 0 fully saturated rings. The van der Waals surface area contributed by atoms with Crippen molar-refractivity contribution in [3.8, 4) is 0 Å². The average molecular weight is 280 g/mol. The molecule has 0 aliphatic heterocycles. The van der Waals surface area contributed by atoms with Gasteiger partial charge in [-0.25, -0.2) is 0 Å². The highest BCUT2D eigenvalue weighted by Crippen LogP contribution is 2.37. The first kappa shape index (κ1) is 17.2. The van der Waals surface area contributed by atoms with Crippen LogP contribution in [-0.4, -0.2) is 40.4 Å². The largest absolute Gasteiger partial charge is 0.310 e. The number of likely N-dealkylation sites (N-methyl/N-ethyl adjacent to an activating group) is 2. The summed E-state index contributed by atoms with van der Waals surface area (Å²) in [5.41, 5.74) is 1.44. The van der Waals surface area contributed by atoms with Crippen molar-refractivity contribution < 1.29 is 0 Å². The molecule has 0 saturated carbocycles. The second-order valence-electron chi connectivity index (χ2n) is 5.28. The third-order valence-electron chi connectivity index (χ3n) is 4.79. The Bertz CT molecular complexity index is 378. The molecule has 0 spiro atoms. The van der Waals surface area contributed by atoms with Crippen LogP contribution in [0.25, 0.3) is 0 Å². The third kappa shape index (κ3) is 2.91. The van der Waals surface area contributed by atoms with Crippen molar-refractivity contribution in [2.45, 2.75) is 65.6 Å². The Kier molecular flexibility index (Phi) is 6.69. The minimum Gasteiger partial charge on any atom is -0.310 e. The zero-order chi connectivity index (χ0) is 15.2. The number of aromatic nitrogens is 2.